The molecule has 18 heavy (non-hydrogen) atoms. The molecular weight excluding hydrogens is 228 g/mol. The summed E-state index contributed by atoms with van der Waals surface area (Å²) in [6, 6.07) is 7.02. The average Bonchev–Trinajstić information content (AvgIpc) is 2.72. The lowest BCUT2D eigenvalue weighted by Crippen LogP contribution is -2.30. The number of para-hydroxylation sites is 1. The lowest BCUT2D eigenvalue weighted by atomic mass is 9.79. The van der Waals surface area contributed by atoms with Crippen LogP contribution in [-0.2, 0) is 6.42 Å². The smallest absolute Gasteiger partial charge is 0.272 e. The Labute approximate surface area is 107 Å². The first kappa shape index (κ1) is 13.0. The maximum atomic E-state index is 11.0. The molecule has 2 atom stereocenters. The van der Waals surface area contributed by atoms with Crippen molar-refractivity contribution in [3.63, 3.8) is 0 Å². The van der Waals surface area contributed by atoms with E-state index in [9.17, 15) is 10.1 Å². The molecular formula is C14H20N2O2. The van der Waals surface area contributed by atoms with Crippen molar-refractivity contribution in [3.05, 3.63) is 39.9 Å². The number of nitro groups is 1. The zero-order chi connectivity index (χ0) is 13.2. The van der Waals surface area contributed by atoms with E-state index in [-0.39, 0.29) is 16.0 Å². The molecule has 0 spiro atoms. The third kappa shape index (κ3) is 2.53. The van der Waals surface area contributed by atoms with Crippen molar-refractivity contribution in [3.8, 4) is 0 Å². The van der Waals surface area contributed by atoms with Crippen molar-refractivity contribution in [2.45, 2.75) is 32.6 Å². The minimum Gasteiger partial charge on any atom is -0.330 e. The van der Waals surface area contributed by atoms with E-state index in [1.807, 2.05) is 12.1 Å². The van der Waals surface area contributed by atoms with Gasteiger partial charge in [0.25, 0.3) is 5.69 Å². The predicted molar refractivity (Wildman–Crippen MR) is 71.3 cm³/mol. The summed E-state index contributed by atoms with van der Waals surface area (Å²) in [4.78, 5) is 10.7. The Morgan fingerprint density at radius 2 is 2.22 bits per heavy atom. The van der Waals surface area contributed by atoms with E-state index < -0.39 is 0 Å². The first-order chi connectivity index (χ1) is 8.56. The fraction of sp³-hybridized carbons (Fsp3) is 0.571. The van der Waals surface area contributed by atoms with Gasteiger partial charge in [-0.3, -0.25) is 10.1 Å². The quantitative estimate of drug-likeness (QED) is 0.658. The SMILES string of the molecule is CC1CCC(CN)(Cc2ccccc2[N+](=O)[O-])C1. The third-order valence-electron chi connectivity index (χ3n) is 4.14. The van der Waals surface area contributed by atoms with Crippen molar-refractivity contribution < 1.29 is 4.92 Å². The fourth-order valence-electron chi connectivity index (χ4n) is 3.16. The second kappa shape index (κ2) is 5.06. The van der Waals surface area contributed by atoms with Gasteiger partial charge >= 0.3 is 0 Å². The minimum absolute atomic E-state index is 0.0610. The molecule has 0 heterocycles. The van der Waals surface area contributed by atoms with Crippen molar-refractivity contribution in [2.75, 3.05) is 6.54 Å². The molecule has 0 aliphatic heterocycles. The highest BCUT2D eigenvalue weighted by Gasteiger charge is 2.37. The van der Waals surface area contributed by atoms with Gasteiger partial charge in [0.2, 0.25) is 0 Å². The average molecular weight is 248 g/mol. The molecule has 2 unspecified atom stereocenters. The standard InChI is InChI=1S/C14H20N2O2/c1-11-6-7-14(8-11,10-15)9-12-4-2-3-5-13(12)16(17)18/h2-5,11H,6-10,15H2,1H3. The van der Waals surface area contributed by atoms with Gasteiger partial charge in [-0.05, 0) is 37.1 Å². The maximum Gasteiger partial charge on any atom is 0.272 e. The number of nitrogens with two attached hydrogens (primary N) is 1. The van der Waals surface area contributed by atoms with E-state index >= 15 is 0 Å². The topological polar surface area (TPSA) is 69.2 Å². The molecule has 2 N–H and O–H groups in total. The van der Waals surface area contributed by atoms with Crippen LogP contribution >= 0.6 is 0 Å². The van der Waals surface area contributed by atoms with Gasteiger partial charge in [0.15, 0.2) is 0 Å². The van der Waals surface area contributed by atoms with Crippen LogP contribution in [0.4, 0.5) is 5.69 Å². The largest absolute Gasteiger partial charge is 0.330 e. The molecule has 1 aliphatic rings. The predicted octanol–water partition coefficient (Wildman–Crippen LogP) is 2.90. The lowest BCUT2D eigenvalue weighted by Gasteiger charge is -2.27. The molecule has 1 fully saturated rings. The second-order valence-corrected chi connectivity index (χ2v) is 5.61. The summed E-state index contributed by atoms with van der Waals surface area (Å²) in [5.41, 5.74) is 7.04. The van der Waals surface area contributed by atoms with Gasteiger partial charge in [0.05, 0.1) is 4.92 Å². The first-order valence-corrected chi connectivity index (χ1v) is 6.49. The minimum atomic E-state index is -0.294. The van der Waals surface area contributed by atoms with E-state index in [1.165, 1.54) is 6.42 Å². The first-order valence-electron chi connectivity index (χ1n) is 6.49. The van der Waals surface area contributed by atoms with Crippen molar-refractivity contribution in [1.82, 2.24) is 0 Å². The Morgan fingerprint density at radius 3 is 2.78 bits per heavy atom. The normalized spacial score (nSPS) is 27.3. The van der Waals surface area contributed by atoms with E-state index in [2.05, 4.69) is 6.92 Å². The van der Waals surface area contributed by atoms with Crippen LogP contribution in [-0.4, -0.2) is 11.5 Å². The van der Waals surface area contributed by atoms with Gasteiger partial charge in [-0.25, -0.2) is 0 Å². The highest BCUT2D eigenvalue weighted by molar-refractivity contribution is 5.40. The number of rotatable bonds is 4. The highest BCUT2D eigenvalue weighted by atomic mass is 16.6. The fourth-order valence-corrected chi connectivity index (χ4v) is 3.16. The molecule has 98 valence electrons. The third-order valence-corrected chi connectivity index (χ3v) is 4.14. The van der Waals surface area contributed by atoms with Crippen LogP contribution in [0.15, 0.2) is 24.3 Å². The summed E-state index contributed by atoms with van der Waals surface area (Å²) in [5.74, 6) is 0.677. The van der Waals surface area contributed by atoms with Gasteiger partial charge < -0.3 is 5.73 Å². The molecule has 0 bridgehead atoms. The van der Waals surface area contributed by atoms with Gasteiger partial charge in [0.1, 0.15) is 0 Å². The van der Waals surface area contributed by atoms with Crippen LogP contribution in [0.5, 0.6) is 0 Å². The van der Waals surface area contributed by atoms with E-state index in [4.69, 9.17) is 5.73 Å². The number of nitrogens with zero attached hydrogens (tertiary/aromatic N) is 1. The Morgan fingerprint density at radius 1 is 1.50 bits per heavy atom. The van der Waals surface area contributed by atoms with Gasteiger partial charge in [-0.1, -0.05) is 31.5 Å². The van der Waals surface area contributed by atoms with Crippen molar-refractivity contribution in [2.24, 2.45) is 17.1 Å². The Hall–Kier alpha value is -1.42. The Bertz CT molecular complexity index is 447. The van der Waals surface area contributed by atoms with Crippen molar-refractivity contribution >= 4 is 5.69 Å². The van der Waals surface area contributed by atoms with Gasteiger partial charge in [0, 0.05) is 11.6 Å². The van der Waals surface area contributed by atoms with Crippen LogP contribution in [0, 0.1) is 21.4 Å². The molecule has 1 saturated carbocycles. The molecule has 1 aliphatic carbocycles. The summed E-state index contributed by atoms with van der Waals surface area (Å²) >= 11 is 0. The molecule has 1 aromatic rings. The zero-order valence-corrected chi connectivity index (χ0v) is 10.8. The monoisotopic (exact) mass is 248 g/mol. The van der Waals surface area contributed by atoms with E-state index in [0.717, 1.165) is 24.8 Å². The van der Waals surface area contributed by atoms with Crippen LogP contribution in [0.25, 0.3) is 0 Å². The Balaban J connectivity index is 2.25. The molecule has 4 heteroatoms. The summed E-state index contributed by atoms with van der Waals surface area (Å²) in [6.45, 7) is 2.85. The molecule has 0 saturated heterocycles. The molecule has 0 radical (unpaired) electrons. The zero-order valence-electron chi connectivity index (χ0n) is 10.8. The molecule has 2 rings (SSSR count). The number of nitro benzene ring substituents is 1. The van der Waals surface area contributed by atoms with Gasteiger partial charge in [-0.15, -0.1) is 0 Å². The molecule has 4 nitrogen and oxygen atoms in total. The summed E-state index contributed by atoms with van der Waals surface area (Å²) in [7, 11) is 0. The number of hydrogen-bond donors (Lipinski definition) is 1. The molecule has 0 amide bonds. The molecule has 1 aromatic carbocycles. The van der Waals surface area contributed by atoms with E-state index in [0.29, 0.717) is 12.5 Å². The van der Waals surface area contributed by atoms with E-state index in [1.54, 1.807) is 12.1 Å². The number of hydrogen-bond acceptors (Lipinski definition) is 3. The molecule has 0 aromatic heterocycles. The summed E-state index contributed by atoms with van der Waals surface area (Å²) < 4.78 is 0. The summed E-state index contributed by atoms with van der Waals surface area (Å²) in [6.07, 6.45) is 4.06. The second-order valence-electron chi connectivity index (χ2n) is 5.61. The number of benzene rings is 1. The van der Waals surface area contributed by atoms with Gasteiger partial charge in [-0.2, -0.15) is 0 Å². The van der Waals surface area contributed by atoms with Crippen LogP contribution in [0.1, 0.15) is 31.7 Å². The van der Waals surface area contributed by atoms with Crippen LogP contribution in [0.3, 0.4) is 0 Å². The highest BCUT2D eigenvalue weighted by Crippen LogP contribution is 2.44. The lowest BCUT2D eigenvalue weighted by molar-refractivity contribution is -0.385. The summed E-state index contributed by atoms with van der Waals surface area (Å²) in [5, 5.41) is 11.0. The van der Waals surface area contributed by atoms with Crippen LogP contribution in [0.2, 0.25) is 0 Å². The van der Waals surface area contributed by atoms with Crippen molar-refractivity contribution in [1.29, 1.82) is 0 Å². The Kier molecular flexibility index (Phi) is 3.66. The van der Waals surface area contributed by atoms with Crippen LogP contribution < -0.4 is 5.73 Å². The maximum absolute atomic E-state index is 11.0.